The molecule has 0 N–H and O–H groups in total. The molecule has 1 aliphatic carbocycles. The Morgan fingerprint density at radius 2 is 1.93 bits per heavy atom. The lowest BCUT2D eigenvalue weighted by molar-refractivity contribution is 1.11. The minimum absolute atomic E-state index is 0.618. The van der Waals surface area contributed by atoms with Crippen molar-refractivity contribution in [1.82, 2.24) is 0 Å². The first-order chi connectivity index (χ1) is 6.71. The van der Waals surface area contributed by atoms with Crippen molar-refractivity contribution in [3.8, 4) is 0 Å². The van der Waals surface area contributed by atoms with Crippen LogP contribution in [0.3, 0.4) is 0 Å². The topological polar surface area (TPSA) is 0 Å². The summed E-state index contributed by atoms with van der Waals surface area (Å²) in [6.45, 7) is 4.93. The number of benzene rings is 1. The second-order valence-electron chi connectivity index (χ2n) is 4.70. The first kappa shape index (κ1) is 8.24. The molecule has 0 fully saturated rings. The van der Waals surface area contributed by atoms with Crippen molar-refractivity contribution in [2.24, 2.45) is 0 Å². The molecule has 0 nitrogen and oxygen atoms in total. The maximum absolute atomic E-state index is 2.46. The van der Waals surface area contributed by atoms with Crippen LogP contribution >= 0.6 is 0 Å². The molecule has 1 heterocycles. The van der Waals surface area contributed by atoms with Gasteiger partial charge in [-0.05, 0) is 5.56 Å². The van der Waals surface area contributed by atoms with Crippen molar-refractivity contribution in [2.45, 2.75) is 19.0 Å². The summed E-state index contributed by atoms with van der Waals surface area (Å²) in [5.41, 5.74) is 1.56. The van der Waals surface area contributed by atoms with E-state index in [9.17, 15) is 0 Å². The molecule has 2 aliphatic rings. The Bertz CT molecular complexity index is 452. The van der Waals surface area contributed by atoms with Crippen molar-refractivity contribution in [2.75, 3.05) is 0 Å². The molecule has 14 heavy (non-hydrogen) atoms. The normalized spacial score (nSPS) is 25.9. The molecular weight excluding hydrogens is 184 g/mol. The zero-order chi connectivity index (χ0) is 9.76. The summed E-state index contributed by atoms with van der Waals surface area (Å²) in [4.78, 5) is 0. The summed E-state index contributed by atoms with van der Waals surface area (Å²) >= 11 is 0. The molecule has 70 valence electrons. The zero-order valence-electron chi connectivity index (χ0n) is 8.62. The number of rotatable bonds is 0. The lowest BCUT2D eigenvalue weighted by Gasteiger charge is -2.18. The van der Waals surface area contributed by atoms with E-state index in [2.05, 4.69) is 55.6 Å². The van der Waals surface area contributed by atoms with Gasteiger partial charge < -0.3 is 0 Å². The fourth-order valence-electron chi connectivity index (χ4n) is 2.84. The molecular formula is C13H14Si. The van der Waals surface area contributed by atoms with Gasteiger partial charge in [0.2, 0.25) is 0 Å². The van der Waals surface area contributed by atoms with Crippen LogP contribution in [0.15, 0.2) is 47.7 Å². The van der Waals surface area contributed by atoms with Crippen molar-refractivity contribution in [3.63, 3.8) is 0 Å². The molecule has 0 saturated carbocycles. The Kier molecular flexibility index (Phi) is 1.46. The Hall–Kier alpha value is -1.08. The minimum atomic E-state index is -1.29. The summed E-state index contributed by atoms with van der Waals surface area (Å²) in [6, 6.07) is 8.97. The Balaban J connectivity index is 2.31. The van der Waals surface area contributed by atoms with E-state index in [0.717, 1.165) is 0 Å². The van der Waals surface area contributed by atoms with E-state index in [0.29, 0.717) is 5.92 Å². The lowest BCUT2D eigenvalue weighted by Crippen LogP contribution is -2.39. The molecule has 1 aromatic carbocycles. The average molecular weight is 198 g/mol. The van der Waals surface area contributed by atoms with Gasteiger partial charge >= 0.3 is 0 Å². The van der Waals surface area contributed by atoms with Crippen LogP contribution in [-0.2, 0) is 0 Å². The molecule has 0 radical (unpaired) electrons. The smallest absolute Gasteiger partial charge is 0.0734 e. The number of allylic oxidation sites excluding steroid dienone is 4. The quantitative estimate of drug-likeness (QED) is 0.562. The first-order valence-corrected chi connectivity index (χ1v) is 8.19. The van der Waals surface area contributed by atoms with Gasteiger partial charge in [0.15, 0.2) is 0 Å². The van der Waals surface area contributed by atoms with Crippen LogP contribution < -0.4 is 5.19 Å². The molecule has 0 bridgehead atoms. The second kappa shape index (κ2) is 2.48. The predicted octanol–water partition coefficient (Wildman–Crippen LogP) is 2.73. The molecule has 0 spiro atoms. The monoisotopic (exact) mass is 198 g/mol. The van der Waals surface area contributed by atoms with Crippen molar-refractivity contribution in [3.05, 3.63) is 53.3 Å². The van der Waals surface area contributed by atoms with Crippen LogP contribution in [0, 0.1) is 0 Å². The van der Waals surface area contributed by atoms with Crippen LogP contribution in [-0.4, -0.2) is 8.07 Å². The Morgan fingerprint density at radius 3 is 2.79 bits per heavy atom. The summed E-state index contributed by atoms with van der Waals surface area (Å²) in [5, 5.41) is 3.33. The Labute approximate surface area is 86.0 Å². The number of hydrogen-bond donors (Lipinski definition) is 0. The van der Waals surface area contributed by atoms with Gasteiger partial charge in [-0.2, -0.15) is 0 Å². The molecule has 1 heteroatoms. The van der Waals surface area contributed by atoms with Crippen LogP contribution in [0.5, 0.6) is 0 Å². The lowest BCUT2D eigenvalue weighted by atomic mass is 10.0. The van der Waals surface area contributed by atoms with Gasteiger partial charge in [0.1, 0.15) is 8.07 Å². The third kappa shape index (κ3) is 0.832. The van der Waals surface area contributed by atoms with Gasteiger partial charge in [0.25, 0.3) is 0 Å². The van der Waals surface area contributed by atoms with Gasteiger partial charge in [-0.25, -0.2) is 0 Å². The van der Waals surface area contributed by atoms with Crippen molar-refractivity contribution < 1.29 is 0 Å². The molecule has 0 aromatic heterocycles. The average Bonchev–Trinajstić information content (AvgIpc) is 2.72. The van der Waals surface area contributed by atoms with E-state index >= 15 is 0 Å². The fourth-order valence-corrected chi connectivity index (χ4v) is 6.17. The summed E-state index contributed by atoms with van der Waals surface area (Å²) in [5.74, 6) is 0.618. The molecule has 0 saturated heterocycles. The van der Waals surface area contributed by atoms with Crippen molar-refractivity contribution in [1.29, 1.82) is 0 Å². The SMILES string of the molecule is C[Si]1(C)C2=CC=CC2c2ccccc21. The first-order valence-electron chi connectivity index (χ1n) is 5.19. The maximum atomic E-state index is 2.46. The summed E-state index contributed by atoms with van der Waals surface area (Å²) < 4.78 is 0. The van der Waals surface area contributed by atoms with Gasteiger partial charge in [-0.3, -0.25) is 0 Å². The standard InChI is InChI=1S/C13H14Si/c1-14(2)12-8-4-3-6-10(12)11-7-5-9-13(11)14/h3-9,11H,1-2H3. The van der Waals surface area contributed by atoms with Crippen LogP contribution in [0.4, 0.5) is 0 Å². The molecule has 3 rings (SSSR count). The highest BCUT2D eigenvalue weighted by molar-refractivity contribution is 6.97. The summed E-state index contributed by atoms with van der Waals surface area (Å²) in [7, 11) is -1.29. The third-order valence-corrected chi connectivity index (χ3v) is 7.33. The zero-order valence-corrected chi connectivity index (χ0v) is 9.62. The predicted molar refractivity (Wildman–Crippen MR) is 63.5 cm³/mol. The Morgan fingerprint density at radius 1 is 1.14 bits per heavy atom. The largest absolute Gasteiger partial charge is 0.109 e. The van der Waals surface area contributed by atoms with Gasteiger partial charge in [0.05, 0.1) is 0 Å². The van der Waals surface area contributed by atoms with E-state index < -0.39 is 8.07 Å². The number of hydrogen-bond acceptors (Lipinski definition) is 0. The highest BCUT2D eigenvalue weighted by Gasteiger charge is 2.42. The van der Waals surface area contributed by atoms with Crippen LogP contribution in [0.2, 0.25) is 13.1 Å². The molecule has 1 atom stereocenters. The molecule has 1 unspecified atom stereocenters. The molecule has 1 aromatic rings. The summed E-state index contributed by atoms with van der Waals surface area (Å²) in [6.07, 6.45) is 6.91. The highest BCUT2D eigenvalue weighted by Crippen LogP contribution is 2.41. The minimum Gasteiger partial charge on any atom is -0.0734 e. The van der Waals surface area contributed by atoms with E-state index in [1.807, 2.05) is 0 Å². The molecule has 1 aliphatic heterocycles. The number of fused-ring (bicyclic) bond motifs is 3. The third-order valence-electron chi connectivity index (χ3n) is 3.61. The van der Waals surface area contributed by atoms with E-state index in [1.54, 1.807) is 15.9 Å². The van der Waals surface area contributed by atoms with E-state index in [4.69, 9.17) is 0 Å². The van der Waals surface area contributed by atoms with Gasteiger partial charge in [0, 0.05) is 5.92 Å². The van der Waals surface area contributed by atoms with Crippen LogP contribution in [0.1, 0.15) is 11.5 Å². The van der Waals surface area contributed by atoms with E-state index in [-0.39, 0.29) is 0 Å². The van der Waals surface area contributed by atoms with E-state index in [1.165, 1.54) is 0 Å². The highest BCUT2D eigenvalue weighted by atomic mass is 28.3. The van der Waals surface area contributed by atoms with Crippen LogP contribution in [0.25, 0.3) is 0 Å². The fraction of sp³-hybridized carbons (Fsp3) is 0.231. The second-order valence-corrected chi connectivity index (χ2v) is 9.06. The maximum Gasteiger partial charge on any atom is 0.109 e. The molecule has 0 amide bonds. The van der Waals surface area contributed by atoms with Gasteiger partial charge in [-0.15, -0.1) is 0 Å². The van der Waals surface area contributed by atoms with Gasteiger partial charge in [-0.1, -0.05) is 66.0 Å². The van der Waals surface area contributed by atoms with Crippen molar-refractivity contribution >= 4 is 13.3 Å².